The first-order valence-electron chi connectivity index (χ1n) is 9.31. The van der Waals surface area contributed by atoms with E-state index in [-0.39, 0.29) is 17.9 Å². The van der Waals surface area contributed by atoms with Gasteiger partial charge in [-0.25, -0.2) is 4.79 Å². The first-order valence-corrected chi connectivity index (χ1v) is 9.31. The number of nitrogens with one attached hydrogen (secondary N) is 2. The number of hydrogen-bond acceptors (Lipinski definition) is 4. The molecule has 3 amide bonds. The number of urea groups is 1. The van der Waals surface area contributed by atoms with Crippen molar-refractivity contribution in [2.75, 3.05) is 25.5 Å². The van der Waals surface area contributed by atoms with E-state index in [9.17, 15) is 9.59 Å². The molecule has 1 atom stereocenters. The fourth-order valence-electron chi connectivity index (χ4n) is 3.24. The minimum absolute atomic E-state index is 0.0136. The Morgan fingerprint density at radius 2 is 2.19 bits per heavy atom. The van der Waals surface area contributed by atoms with E-state index >= 15 is 0 Å². The van der Waals surface area contributed by atoms with Crippen molar-refractivity contribution < 1.29 is 9.59 Å². The molecule has 8 nitrogen and oxygen atoms in total. The second kappa shape index (κ2) is 8.20. The summed E-state index contributed by atoms with van der Waals surface area (Å²) < 4.78 is 0. The van der Waals surface area contributed by atoms with E-state index in [1.807, 2.05) is 31.2 Å². The lowest BCUT2D eigenvalue weighted by molar-refractivity contribution is -0.138. The zero-order chi connectivity index (χ0) is 19.4. The predicted molar refractivity (Wildman–Crippen MR) is 103 cm³/mol. The van der Waals surface area contributed by atoms with Crippen LogP contribution < -0.4 is 5.32 Å². The number of aromatic nitrogens is 3. The van der Waals surface area contributed by atoms with E-state index in [1.165, 1.54) is 0 Å². The van der Waals surface area contributed by atoms with Crippen LogP contribution in [-0.4, -0.2) is 63.1 Å². The summed E-state index contributed by atoms with van der Waals surface area (Å²) in [6, 6.07) is 7.10. The third kappa shape index (κ3) is 4.27. The summed E-state index contributed by atoms with van der Waals surface area (Å²) in [7, 11) is 1.78. The highest BCUT2D eigenvalue weighted by Gasteiger charge is 2.35. The van der Waals surface area contributed by atoms with Crippen molar-refractivity contribution >= 4 is 17.9 Å². The Morgan fingerprint density at radius 1 is 1.37 bits per heavy atom. The molecule has 2 heterocycles. The molecular formula is C19H26N6O2. The molecular weight excluding hydrogens is 344 g/mol. The van der Waals surface area contributed by atoms with Crippen molar-refractivity contribution in [2.24, 2.45) is 0 Å². The molecule has 0 aliphatic carbocycles. The number of nitrogens with zero attached hydrogens (tertiary/aromatic N) is 4. The van der Waals surface area contributed by atoms with Crippen molar-refractivity contribution in [3.05, 3.63) is 29.8 Å². The fourth-order valence-corrected chi connectivity index (χ4v) is 3.24. The molecule has 144 valence electrons. The number of carbonyl (C=O) groups is 2. The van der Waals surface area contributed by atoms with E-state index in [2.05, 4.69) is 27.4 Å². The Balaban J connectivity index is 1.71. The van der Waals surface area contributed by atoms with Gasteiger partial charge < -0.3 is 9.80 Å². The van der Waals surface area contributed by atoms with Crippen molar-refractivity contribution in [2.45, 2.75) is 39.2 Å². The average molecular weight is 370 g/mol. The maximum absolute atomic E-state index is 12.7. The summed E-state index contributed by atoms with van der Waals surface area (Å²) in [4.78, 5) is 32.9. The van der Waals surface area contributed by atoms with Gasteiger partial charge in [0.15, 0.2) is 5.82 Å². The van der Waals surface area contributed by atoms with Crippen LogP contribution in [0.2, 0.25) is 0 Å². The molecule has 8 heteroatoms. The first-order chi connectivity index (χ1) is 13.0. The molecule has 0 saturated carbocycles. The van der Waals surface area contributed by atoms with Crippen LogP contribution in [0.1, 0.15) is 31.7 Å². The number of amides is 3. The first kappa shape index (κ1) is 18.9. The lowest BCUT2D eigenvalue weighted by Gasteiger charge is -2.38. The second-order valence-electron chi connectivity index (χ2n) is 6.92. The van der Waals surface area contributed by atoms with Crippen molar-refractivity contribution in [1.82, 2.24) is 25.0 Å². The zero-order valence-corrected chi connectivity index (χ0v) is 16.0. The smallest absolute Gasteiger partial charge is 0.325 e. The van der Waals surface area contributed by atoms with E-state index in [0.717, 1.165) is 24.0 Å². The molecule has 0 bridgehead atoms. The molecule has 1 aromatic carbocycles. The van der Waals surface area contributed by atoms with Crippen LogP contribution in [0.15, 0.2) is 24.3 Å². The number of likely N-dealkylation sites (N-methyl/N-ethyl adjacent to an activating group) is 1. The molecule has 0 spiro atoms. The molecule has 1 saturated heterocycles. The lowest BCUT2D eigenvalue weighted by atomic mass is 10.0. The minimum Gasteiger partial charge on any atom is -0.342 e. The number of benzene rings is 1. The van der Waals surface area contributed by atoms with Gasteiger partial charge in [-0.2, -0.15) is 4.98 Å². The molecule has 1 aliphatic heterocycles. The summed E-state index contributed by atoms with van der Waals surface area (Å²) in [5.41, 5.74) is 2.02. The molecule has 2 aromatic rings. The molecule has 2 N–H and O–H groups in total. The summed E-state index contributed by atoms with van der Waals surface area (Å²) in [5, 5.41) is 9.66. The van der Waals surface area contributed by atoms with Gasteiger partial charge in [0.1, 0.15) is 6.04 Å². The minimum atomic E-state index is -0.432. The van der Waals surface area contributed by atoms with E-state index in [0.29, 0.717) is 25.3 Å². The Kier molecular flexibility index (Phi) is 5.73. The van der Waals surface area contributed by atoms with Crippen LogP contribution in [0, 0.1) is 6.92 Å². The van der Waals surface area contributed by atoms with Gasteiger partial charge in [-0.1, -0.05) is 43.5 Å². The number of aromatic amines is 1. The van der Waals surface area contributed by atoms with Crippen LogP contribution in [0.4, 0.5) is 10.7 Å². The summed E-state index contributed by atoms with van der Waals surface area (Å²) in [6.45, 7) is 5.10. The third-order valence-corrected chi connectivity index (χ3v) is 4.80. The van der Waals surface area contributed by atoms with E-state index in [4.69, 9.17) is 0 Å². The fraction of sp³-hybridized carbons (Fsp3) is 0.474. The molecule has 1 aliphatic rings. The Bertz CT molecular complexity index is 818. The largest absolute Gasteiger partial charge is 0.342 e. The predicted octanol–water partition coefficient (Wildman–Crippen LogP) is 2.64. The van der Waals surface area contributed by atoms with Crippen LogP contribution in [0.5, 0.6) is 0 Å². The molecule has 27 heavy (non-hydrogen) atoms. The van der Waals surface area contributed by atoms with Gasteiger partial charge >= 0.3 is 6.03 Å². The van der Waals surface area contributed by atoms with Crippen LogP contribution in [0.25, 0.3) is 11.4 Å². The highest BCUT2D eigenvalue weighted by molar-refractivity contribution is 5.93. The van der Waals surface area contributed by atoms with Gasteiger partial charge in [0.25, 0.3) is 0 Å². The number of carbonyl (C=O) groups excluding carboxylic acids is 2. The van der Waals surface area contributed by atoms with Gasteiger partial charge in [0.05, 0.1) is 0 Å². The summed E-state index contributed by atoms with van der Waals surface area (Å²) in [5.74, 6) is 0.781. The SMILES string of the molecule is CCCCC1C(=O)N(C)CCN1C(=O)Nc1n[nH]c(-c2cccc(C)c2)n1. The number of aryl methyl sites for hydroxylation is 1. The van der Waals surface area contributed by atoms with Crippen molar-refractivity contribution in [3.8, 4) is 11.4 Å². The summed E-state index contributed by atoms with van der Waals surface area (Å²) in [6.07, 6.45) is 2.53. The van der Waals surface area contributed by atoms with Crippen molar-refractivity contribution in [1.29, 1.82) is 0 Å². The Labute approximate surface area is 159 Å². The van der Waals surface area contributed by atoms with Crippen LogP contribution >= 0.6 is 0 Å². The van der Waals surface area contributed by atoms with Crippen molar-refractivity contribution in [3.63, 3.8) is 0 Å². The van der Waals surface area contributed by atoms with Crippen LogP contribution in [-0.2, 0) is 4.79 Å². The quantitative estimate of drug-likeness (QED) is 0.846. The molecule has 1 unspecified atom stereocenters. The van der Waals surface area contributed by atoms with E-state index in [1.54, 1.807) is 16.8 Å². The molecule has 1 aromatic heterocycles. The van der Waals surface area contributed by atoms with Crippen LogP contribution in [0.3, 0.4) is 0 Å². The molecule has 0 radical (unpaired) electrons. The van der Waals surface area contributed by atoms with Gasteiger partial charge in [-0.3, -0.25) is 15.2 Å². The van der Waals surface area contributed by atoms with E-state index < -0.39 is 6.04 Å². The Morgan fingerprint density at radius 3 is 2.93 bits per heavy atom. The normalized spacial score (nSPS) is 17.3. The number of hydrogen-bond donors (Lipinski definition) is 2. The lowest BCUT2D eigenvalue weighted by Crippen LogP contribution is -2.58. The highest BCUT2D eigenvalue weighted by Crippen LogP contribution is 2.19. The summed E-state index contributed by atoms with van der Waals surface area (Å²) >= 11 is 0. The number of rotatable bonds is 5. The average Bonchev–Trinajstić information content (AvgIpc) is 3.11. The van der Waals surface area contributed by atoms with Gasteiger partial charge in [-0.05, 0) is 19.4 Å². The monoisotopic (exact) mass is 370 g/mol. The molecule has 1 fully saturated rings. The number of piperazine rings is 1. The van der Waals surface area contributed by atoms with Gasteiger partial charge in [0.2, 0.25) is 11.9 Å². The van der Waals surface area contributed by atoms with Gasteiger partial charge in [-0.15, -0.1) is 5.10 Å². The highest BCUT2D eigenvalue weighted by atomic mass is 16.2. The Hall–Kier alpha value is -2.90. The topological polar surface area (TPSA) is 94.2 Å². The number of H-pyrrole nitrogens is 1. The maximum Gasteiger partial charge on any atom is 0.325 e. The standard InChI is InChI=1S/C19H26N6O2/c1-4-5-9-15-17(26)24(3)10-11-25(15)19(27)21-18-20-16(22-23-18)14-8-6-7-13(2)12-14/h6-8,12,15H,4-5,9-11H2,1-3H3,(H2,20,21,22,23,27). The van der Waals surface area contributed by atoms with Gasteiger partial charge in [0, 0.05) is 25.7 Å². The maximum atomic E-state index is 12.7. The third-order valence-electron chi connectivity index (χ3n) is 4.80. The zero-order valence-electron chi connectivity index (χ0n) is 16.0. The number of unbranched alkanes of at least 4 members (excludes halogenated alkanes) is 1. The number of anilines is 1. The second-order valence-corrected chi connectivity index (χ2v) is 6.92. The molecule has 3 rings (SSSR count).